The van der Waals surface area contributed by atoms with E-state index >= 15 is 0 Å². The number of alkyl halides is 1. The predicted octanol–water partition coefficient (Wildman–Crippen LogP) is 0.409. The molecule has 88 valence electrons. The number of hydrogen-bond donors (Lipinski definition) is 1. The molecule has 1 aromatic heterocycles. The van der Waals surface area contributed by atoms with Gasteiger partial charge in [-0.2, -0.15) is 0 Å². The fourth-order valence-electron chi connectivity index (χ4n) is 1.70. The fourth-order valence-corrected chi connectivity index (χ4v) is 1.70. The van der Waals surface area contributed by atoms with E-state index in [9.17, 15) is 19.6 Å². The number of aliphatic hydroxyl groups excluding tert-OH is 1. The first-order valence-electron chi connectivity index (χ1n) is 4.70. The lowest BCUT2D eigenvalue weighted by molar-refractivity contribution is -0.398. The van der Waals surface area contributed by atoms with Gasteiger partial charge in [0.15, 0.2) is 6.23 Å². The molecule has 0 saturated carbocycles. The van der Waals surface area contributed by atoms with Crippen molar-refractivity contribution >= 4 is 5.95 Å². The Morgan fingerprint density at radius 3 is 3.12 bits per heavy atom. The van der Waals surface area contributed by atoms with E-state index in [0.29, 0.717) is 0 Å². The van der Waals surface area contributed by atoms with Crippen LogP contribution in [-0.4, -0.2) is 38.5 Å². The van der Waals surface area contributed by atoms with Gasteiger partial charge in [0.25, 0.3) is 0 Å². The third kappa shape index (κ3) is 1.76. The average molecular weight is 231 g/mol. The van der Waals surface area contributed by atoms with E-state index in [-0.39, 0.29) is 12.4 Å². The van der Waals surface area contributed by atoms with Crippen molar-refractivity contribution in [2.75, 3.05) is 6.67 Å². The van der Waals surface area contributed by atoms with Crippen LogP contribution in [0.25, 0.3) is 0 Å². The highest BCUT2D eigenvalue weighted by molar-refractivity contribution is 5.08. The molecule has 1 aromatic rings. The maximum Gasteiger partial charge on any atom is 0.436 e. The summed E-state index contributed by atoms with van der Waals surface area (Å²) in [5, 5.41) is 20.0. The maximum absolute atomic E-state index is 12.4. The molecule has 0 aliphatic carbocycles. The summed E-state index contributed by atoms with van der Waals surface area (Å²) in [5.41, 5.74) is 0. The molecule has 0 unspecified atom stereocenters. The van der Waals surface area contributed by atoms with Crippen molar-refractivity contribution in [3.8, 4) is 0 Å². The second kappa shape index (κ2) is 4.14. The SMILES string of the molecule is O=[N+]([O-])c1nccn1[C@H]1C[C@H](O)[C@@H](CF)O1. The molecule has 1 aliphatic rings. The van der Waals surface area contributed by atoms with Gasteiger partial charge in [0.05, 0.1) is 6.10 Å². The minimum absolute atomic E-state index is 0.117. The second-order valence-corrected chi connectivity index (χ2v) is 3.48. The lowest BCUT2D eigenvalue weighted by Gasteiger charge is -2.10. The molecule has 1 fully saturated rings. The van der Waals surface area contributed by atoms with Crippen LogP contribution >= 0.6 is 0 Å². The summed E-state index contributed by atoms with van der Waals surface area (Å²) in [4.78, 5) is 13.5. The van der Waals surface area contributed by atoms with Crippen LogP contribution in [0.4, 0.5) is 10.3 Å². The number of halogens is 1. The summed E-state index contributed by atoms with van der Waals surface area (Å²) >= 11 is 0. The van der Waals surface area contributed by atoms with E-state index in [4.69, 9.17) is 4.74 Å². The van der Waals surface area contributed by atoms with E-state index in [1.807, 2.05) is 0 Å². The number of aliphatic hydroxyl groups is 1. The molecule has 1 aliphatic heterocycles. The van der Waals surface area contributed by atoms with Crippen molar-refractivity contribution in [2.45, 2.75) is 24.9 Å². The Hall–Kier alpha value is -1.54. The second-order valence-electron chi connectivity index (χ2n) is 3.48. The monoisotopic (exact) mass is 231 g/mol. The molecule has 0 spiro atoms. The number of aromatic nitrogens is 2. The van der Waals surface area contributed by atoms with Gasteiger partial charge in [-0.25, -0.2) is 8.96 Å². The van der Waals surface area contributed by atoms with Crippen molar-refractivity contribution in [3.63, 3.8) is 0 Å². The van der Waals surface area contributed by atoms with E-state index in [2.05, 4.69) is 4.98 Å². The van der Waals surface area contributed by atoms with Crippen LogP contribution in [0.1, 0.15) is 12.6 Å². The summed E-state index contributed by atoms with van der Waals surface area (Å²) in [7, 11) is 0. The Kier molecular flexibility index (Phi) is 2.84. The van der Waals surface area contributed by atoms with Crippen LogP contribution in [-0.2, 0) is 4.74 Å². The number of nitrogens with zero attached hydrogens (tertiary/aromatic N) is 3. The molecule has 0 aromatic carbocycles. The minimum Gasteiger partial charge on any atom is -0.390 e. The third-order valence-electron chi connectivity index (χ3n) is 2.48. The summed E-state index contributed by atoms with van der Waals surface area (Å²) in [6.45, 7) is -0.819. The van der Waals surface area contributed by atoms with Crippen LogP contribution in [0.3, 0.4) is 0 Å². The van der Waals surface area contributed by atoms with Gasteiger partial charge >= 0.3 is 5.95 Å². The highest BCUT2D eigenvalue weighted by atomic mass is 19.1. The van der Waals surface area contributed by atoms with Crippen LogP contribution in [0.5, 0.6) is 0 Å². The largest absolute Gasteiger partial charge is 0.436 e. The highest BCUT2D eigenvalue weighted by Gasteiger charge is 2.38. The van der Waals surface area contributed by atoms with E-state index in [1.54, 1.807) is 0 Å². The van der Waals surface area contributed by atoms with E-state index in [1.165, 1.54) is 17.0 Å². The Balaban J connectivity index is 2.20. The van der Waals surface area contributed by atoms with Gasteiger partial charge in [-0.3, -0.25) is 0 Å². The van der Waals surface area contributed by atoms with Crippen molar-refractivity contribution in [2.24, 2.45) is 0 Å². The van der Waals surface area contributed by atoms with Crippen molar-refractivity contribution in [3.05, 3.63) is 22.5 Å². The first-order chi connectivity index (χ1) is 7.63. The first-order valence-corrected chi connectivity index (χ1v) is 4.70. The predicted molar refractivity (Wildman–Crippen MR) is 49.4 cm³/mol. The zero-order valence-electron chi connectivity index (χ0n) is 8.19. The van der Waals surface area contributed by atoms with Gasteiger partial charge in [-0.1, -0.05) is 4.98 Å². The fraction of sp³-hybridized carbons (Fsp3) is 0.625. The molecule has 1 saturated heterocycles. The molecule has 2 heterocycles. The topological polar surface area (TPSA) is 90.4 Å². The van der Waals surface area contributed by atoms with Crippen LogP contribution in [0.15, 0.2) is 12.4 Å². The Morgan fingerprint density at radius 1 is 1.81 bits per heavy atom. The van der Waals surface area contributed by atoms with Gasteiger partial charge in [-0.05, 0) is 4.92 Å². The number of ether oxygens (including phenoxy) is 1. The Labute approximate surface area is 89.6 Å². The zero-order valence-corrected chi connectivity index (χ0v) is 8.19. The number of nitro groups is 1. The van der Waals surface area contributed by atoms with Crippen LogP contribution < -0.4 is 0 Å². The molecule has 0 bridgehead atoms. The van der Waals surface area contributed by atoms with Crippen LogP contribution in [0.2, 0.25) is 0 Å². The van der Waals surface area contributed by atoms with E-state index < -0.39 is 30.0 Å². The number of hydrogen-bond acceptors (Lipinski definition) is 5. The number of rotatable bonds is 3. The molecule has 7 nitrogen and oxygen atoms in total. The van der Waals surface area contributed by atoms with Gasteiger partial charge in [0.1, 0.15) is 25.2 Å². The zero-order chi connectivity index (χ0) is 11.7. The van der Waals surface area contributed by atoms with Gasteiger partial charge in [-0.15, -0.1) is 0 Å². The van der Waals surface area contributed by atoms with Gasteiger partial charge in [0, 0.05) is 6.42 Å². The van der Waals surface area contributed by atoms with Gasteiger partial charge < -0.3 is 20.0 Å². The molecule has 0 radical (unpaired) electrons. The molecule has 0 amide bonds. The molecular weight excluding hydrogens is 221 g/mol. The summed E-state index contributed by atoms with van der Waals surface area (Å²) in [5.74, 6) is -0.378. The molecule has 1 N–H and O–H groups in total. The molecule has 8 heteroatoms. The lowest BCUT2D eigenvalue weighted by atomic mass is 10.2. The average Bonchev–Trinajstić information content (AvgIpc) is 2.82. The maximum atomic E-state index is 12.4. The summed E-state index contributed by atoms with van der Waals surface area (Å²) in [6, 6.07) is 0. The summed E-state index contributed by atoms with van der Waals surface area (Å²) in [6.07, 6.45) is 0.140. The smallest absolute Gasteiger partial charge is 0.390 e. The van der Waals surface area contributed by atoms with Crippen molar-refractivity contribution in [1.82, 2.24) is 9.55 Å². The van der Waals surface area contributed by atoms with Crippen molar-refractivity contribution < 1.29 is 19.2 Å². The molecular formula is C8H10FN3O4. The van der Waals surface area contributed by atoms with Crippen molar-refractivity contribution in [1.29, 1.82) is 0 Å². The standard InChI is InChI=1S/C8H10FN3O4/c9-4-6-5(13)3-7(16-6)11-2-1-10-8(11)12(14)15/h1-2,5-7,13H,3-4H2/t5-,6+,7+/m0/s1. The lowest BCUT2D eigenvalue weighted by Crippen LogP contribution is -2.22. The van der Waals surface area contributed by atoms with Gasteiger partial charge in [0.2, 0.25) is 0 Å². The first kappa shape index (κ1) is 11.0. The quantitative estimate of drug-likeness (QED) is 0.601. The third-order valence-corrected chi connectivity index (χ3v) is 2.48. The minimum atomic E-state index is -0.947. The summed E-state index contributed by atoms with van der Waals surface area (Å²) < 4.78 is 18.7. The molecule has 3 atom stereocenters. The van der Waals surface area contributed by atoms with E-state index in [0.717, 1.165) is 0 Å². The molecule has 16 heavy (non-hydrogen) atoms. The van der Waals surface area contributed by atoms with Crippen LogP contribution in [0, 0.1) is 10.1 Å². The molecule has 2 rings (SSSR count). The number of imidazole rings is 1. The highest BCUT2D eigenvalue weighted by Crippen LogP contribution is 2.31. The normalized spacial score (nSPS) is 29.5. The Bertz CT molecular complexity index is 396. The Morgan fingerprint density at radius 2 is 2.56 bits per heavy atom.